The van der Waals surface area contributed by atoms with Gasteiger partial charge in [-0.2, -0.15) is 8.42 Å². The van der Waals surface area contributed by atoms with Gasteiger partial charge in [0.15, 0.2) is 0 Å². The van der Waals surface area contributed by atoms with Gasteiger partial charge in [-0.25, -0.2) is 10.3 Å². The molecule has 0 aliphatic carbocycles. The summed E-state index contributed by atoms with van der Waals surface area (Å²) in [6.45, 7) is 6.26. The number of carbonyl (C=O) groups excluding carboxylic acids is 2. The molecule has 21 heavy (non-hydrogen) atoms. The zero-order valence-electron chi connectivity index (χ0n) is 12.9. The van der Waals surface area contributed by atoms with Crippen LogP contribution >= 0.6 is 0 Å². The number of ether oxygens (including phenoxy) is 1. The van der Waals surface area contributed by atoms with Crippen LogP contribution in [0, 0.1) is 0 Å². The monoisotopic (exact) mass is 326 g/mol. The van der Waals surface area contributed by atoms with Crippen LogP contribution in [0.2, 0.25) is 0 Å². The van der Waals surface area contributed by atoms with Gasteiger partial charge in [-0.15, -0.1) is 0 Å². The first kappa shape index (κ1) is 19.6. The topological polar surface area (TPSA) is 120 Å². The third kappa shape index (κ3) is 9.21. The minimum atomic E-state index is -3.80. The van der Waals surface area contributed by atoms with E-state index in [2.05, 4.69) is 14.3 Å². The van der Waals surface area contributed by atoms with Gasteiger partial charge >= 0.3 is 6.09 Å². The van der Waals surface area contributed by atoms with E-state index >= 15 is 0 Å². The Balaban J connectivity index is 4.98. The molecule has 0 aromatic heterocycles. The van der Waals surface area contributed by atoms with E-state index in [-0.39, 0.29) is 0 Å². The van der Waals surface area contributed by atoms with Gasteiger partial charge < -0.3 is 10.1 Å². The summed E-state index contributed by atoms with van der Waals surface area (Å²) in [4.78, 5) is 27.9. The molecule has 10 heteroatoms. The Kier molecular flexibility index (Phi) is 7.07. The first-order valence-electron chi connectivity index (χ1n) is 6.06. The molecule has 0 aliphatic heterocycles. The molecule has 0 radical (unpaired) electrons. The Hall–Kier alpha value is -1.39. The Morgan fingerprint density at radius 3 is 2.10 bits per heavy atom. The summed E-state index contributed by atoms with van der Waals surface area (Å²) in [5.41, 5.74) is 1.23. The lowest BCUT2D eigenvalue weighted by Crippen LogP contribution is -2.54. The molecule has 0 saturated heterocycles. The highest BCUT2D eigenvalue weighted by Crippen LogP contribution is 2.09. The maximum Gasteiger partial charge on any atom is 0.408 e. The second-order valence-corrected chi connectivity index (χ2v) is 6.90. The molecule has 0 aromatic carbocycles. The molecule has 0 rings (SSSR count). The van der Waals surface area contributed by atoms with Crippen molar-refractivity contribution in [1.29, 1.82) is 0 Å². The molecule has 0 heterocycles. The van der Waals surface area contributed by atoms with E-state index in [1.54, 1.807) is 20.8 Å². The maximum absolute atomic E-state index is 11.8. The number of nitrogens with one attached hydrogen (secondary N) is 2. The van der Waals surface area contributed by atoms with Crippen molar-refractivity contribution >= 4 is 22.1 Å². The van der Waals surface area contributed by atoms with Gasteiger partial charge in [0.2, 0.25) is 0 Å². The highest BCUT2D eigenvalue weighted by atomic mass is 32.2. The molecule has 0 saturated carbocycles. The lowest BCUT2D eigenvalue weighted by Gasteiger charge is -2.25. The molecule has 0 aromatic rings. The van der Waals surface area contributed by atoms with Crippen LogP contribution in [-0.4, -0.2) is 51.5 Å². The molecule has 9 nitrogen and oxygen atoms in total. The molecule has 2 N–H and O–H groups in total. The second kappa shape index (κ2) is 7.57. The first-order chi connectivity index (χ1) is 9.35. The fourth-order valence-electron chi connectivity index (χ4n) is 1.33. The van der Waals surface area contributed by atoms with Crippen molar-refractivity contribution in [3.63, 3.8) is 0 Å². The minimum absolute atomic E-state index is 0.771. The largest absolute Gasteiger partial charge is 0.444 e. The molecular formula is C11H22N2O7S. The summed E-state index contributed by atoms with van der Waals surface area (Å²) in [5, 5.41) is 2.24. The number of hydrogen-bond donors (Lipinski definition) is 2. The number of carbonyl (C=O) groups is 2. The molecule has 2 atom stereocenters. The van der Waals surface area contributed by atoms with Crippen LogP contribution < -0.4 is 10.8 Å². The Labute approximate surface area is 124 Å². The Morgan fingerprint density at radius 2 is 1.71 bits per heavy atom. The van der Waals surface area contributed by atoms with Crippen molar-refractivity contribution in [2.24, 2.45) is 0 Å². The molecule has 0 unspecified atom stereocenters. The van der Waals surface area contributed by atoms with Gasteiger partial charge in [0.25, 0.3) is 16.0 Å². The fourth-order valence-corrected chi connectivity index (χ4v) is 1.99. The summed E-state index contributed by atoms with van der Waals surface area (Å²) in [7, 11) is -2.60. The molecule has 0 spiro atoms. The number of rotatable bonds is 6. The van der Waals surface area contributed by atoms with Gasteiger partial charge in [0.1, 0.15) is 17.7 Å². The second-order valence-electron chi connectivity index (χ2n) is 5.30. The van der Waals surface area contributed by atoms with E-state index in [1.165, 1.54) is 14.0 Å². The van der Waals surface area contributed by atoms with Crippen molar-refractivity contribution in [3.05, 3.63) is 0 Å². The maximum atomic E-state index is 11.8. The molecular weight excluding hydrogens is 304 g/mol. The smallest absolute Gasteiger partial charge is 0.408 e. The summed E-state index contributed by atoms with van der Waals surface area (Å²) < 4.78 is 31.9. The van der Waals surface area contributed by atoms with Crippen LogP contribution in [0.5, 0.6) is 0 Å². The van der Waals surface area contributed by atoms with Crippen molar-refractivity contribution in [2.45, 2.75) is 45.4 Å². The van der Waals surface area contributed by atoms with Crippen LogP contribution in [0.1, 0.15) is 27.7 Å². The van der Waals surface area contributed by atoms with Gasteiger partial charge in [-0.1, -0.05) is 0 Å². The van der Waals surface area contributed by atoms with Crippen molar-refractivity contribution < 1.29 is 31.8 Å². The fraction of sp³-hybridized carbons (Fsp3) is 0.818. The SMILES string of the molecule is CONC(=O)[C@@H](NC(=O)OC(C)(C)C)[C@H](C)OS(C)(=O)=O. The summed E-state index contributed by atoms with van der Waals surface area (Å²) in [6, 6.07) is -1.31. The standard InChI is InChI=1S/C11H22N2O7S/c1-7(20-21(6,16)17)8(9(14)13-18-5)12-10(15)19-11(2,3)4/h7-8H,1-6H3,(H,12,15)(H,13,14)/t7-,8-/m0/s1. The number of alkyl carbamates (subject to hydrolysis) is 1. The highest BCUT2D eigenvalue weighted by Gasteiger charge is 2.31. The molecule has 2 amide bonds. The highest BCUT2D eigenvalue weighted by molar-refractivity contribution is 7.86. The average Bonchev–Trinajstić information content (AvgIpc) is 2.20. The van der Waals surface area contributed by atoms with Crippen molar-refractivity contribution in [1.82, 2.24) is 10.8 Å². The van der Waals surface area contributed by atoms with E-state index in [9.17, 15) is 18.0 Å². The van der Waals surface area contributed by atoms with Crippen LogP contribution in [0.3, 0.4) is 0 Å². The zero-order valence-corrected chi connectivity index (χ0v) is 13.7. The normalized spacial score (nSPS) is 15.0. The molecule has 0 aliphatic rings. The first-order valence-corrected chi connectivity index (χ1v) is 7.88. The van der Waals surface area contributed by atoms with E-state index < -0.39 is 39.9 Å². The van der Waals surface area contributed by atoms with Crippen molar-refractivity contribution in [3.8, 4) is 0 Å². The van der Waals surface area contributed by atoms with Gasteiger partial charge in [0.05, 0.1) is 13.4 Å². The van der Waals surface area contributed by atoms with Gasteiger partial charge in [-0.3, -0.25) is 13.8 Å². The third-order valence-electron chi connectivity index (χ3n) is 1.95. The minimum Gasteiger partial charge on any atom is -0.444 e. The van der Waals surface area contributed by atoms with Gasteiger partial charge in [-0.05, 0) is 27.7 Å². The lowest BCUT2D eigenvalue weighted by atomic mass is 10.2. The number of amides is 2. The number of hydroxylamine groups is 1. The predicted molar refractivity (Wildman–Crippen MR) is 73.7 cm³/mol. The summed E-state index contributed by atoms with van der Waals surface area (Å²) in [6.07, 6.45) is -1.20. The molecule has 0 bridgehead atoms. The van der Waals surface area contributed by atoms with E-state index in [0.29, 0.717) is 0 Å². The lowest BCUT2D eigenvalue weighted by molar-refractivity contribution is -0.135. The molecule has 124 valence electrons. The Bertz CT molecular complexity index is 469. The van der Waals surface area contributed by atoms with E-state index in [4.69, 9.17) is 4.74 Å². The van der Waals surface area contributed by atoms with E-state index in [1.807, 2.05) is 5.48 Å². The Morgan fingerprint density at radius 1 is 1.19 bits per heavy atom. The molecule has 0 fully saturated rings. The van der Waals surface area contributed by atoms with Gasteiger partial charge in [0, 0.05) is 0 Å². The predicted octanol–water partition coefficient (Wildman–Crippen LogP) is -0.0780. The number of hydrogen-bond acceptors (Lipinski definition) is 7. The summed E-state index contributed by atoms with van der Waals surface area (Å²) >= 11 is 0. The van der Waals surface area contributed by atoms with Crippen LogP contribution in [0.4, 0.5) is 4.79 Å². The van der Waals surface area contributed by atoms with Crippen molar-refractivity contribution in [2.75, 3.05) is 13.4 Å². The third-order valence-corrected chi connectivity index (χ3v) is 2.61. The zero-order chi connectivity index (χ0) is 16.8. The van der Waals surface area contributed by atoms with Crippen LogP contribution in [-0.2, 0) is 28.7 Å². The van der Waals surface area contributed by atoms with Crippen LogP contribution in [0.25, 0.3) is 0 Å². The summed E-state index contributed by atoms with van der Waals surface area (Å²) in [5.74, 6) is -0.778. The van der Waals surface area contributed by atoms with E-state index in [0.717, 1.165) is 6.26 Å². The average molecular weight is 326 g/mol. The quantitative estimate of drug-likeness (QED) is 0.517. The van der Waals surface area contributed by atoms with Crippen LogP contribution in [0.15, 0.2) is 0 Å².